The minimum absolute atomic E-state index is 0.0626. The summed E-state index contributed by atoms with van der Waals surface area (Å²) < 4.78 is 10.3. The lowest BCUT2D eigenvalue weighted by Crippen LogP contribution is -2.14. The van der Waals surface area contributed by atoms with Crippen LogP contribution in [0.2, 0.25) is 0 Å². The summed E-state index contributed by atoms with van der Waals surface area (Å²) >= 11 is 0. The summed E-state index contributed by atoms with van der Waals surface area (Å²) in [6.45, 7) is 1.97. The Bertz CT molecular complexity index is 640. The van der Waals surface area contributed by atoms with Gasteiger partial charge in [-0.3, -0.25) is 10.1 Å². The van der Waals surface area contributed by atoms with Crippen molar-refractivity contribution in [3.8, 4) is 5.75 Å². The number of hydrogen-bond acceptors (Lipinski definition) is 4. The average molecular weight is 299 g/mol. The maximum atomic E-state index is 12.0. The van der Waals surface area contributed by atoms with Crippen molar-refractivity contribution >= 4 is 17.6 Å². The van der Waals surface area contributed by atoms with E-state index < -0.39 is 6.09 Å². The van der Waals surface area contributed by atoms with E-state index in [1.807, 2.05) is 6.07 Å². The molecule has 0 saturated carbocycles. The lowest BCUT2D eigenvalue weighted by molar-refractivity contribution is 0.0921. The number of amides is 1. The standard InChI is InChI=1S/C17H17NO4/c1-2-21-17(20)18-14-9-6-10-15(11-14)22-12-16(19)13-7-4-3-5-8-13/h3-11H,2,12H2,1H3,(H,18,20). The highest BCUT2D eigenvalue weighted by Gasteiger charge is 2.07. The van der Waals surface area contributed by atoms with Gasteiger partial charge in [0.15, 0.2) is 12.4 Å². The van der Waals surface area contributed by atoms with Crippen LogP contribution in [0.4, 0.5) is 10.5 Å². The zero-order chi connectivity index (χ0) is 15.8. The molecule has 2 rings (SSSR count). The Morgan fingerprint density at radius 2 is 1.82 bits per heavy atom. The highest BCUT2D eigenvalue weighted by Crippen LogP contribution is 2.18. The van der Waals surface area contributed by atoms with Crippen molar-refractivity contribution in [1.29, 1.82) is 0 Å². The highest BCUT2D eigenvalue weighted by atomic mass is 16.5. The normalized spacial score (nSPS) is 9.86. The van der Waals surface area contributed by atoms with Gasteiger partial charge in [-0.2, -0.15) is 0 Å². The van der Waals surface area contributed by atoms with Gasteiger partial charge < -0.3 is 9.47 Å². The van der Waals surface area contributed by atoms with Crippen LogP contribution in [0.25, 0.3) is 0 Å². The SMILES string of the molecule is CCOC(=O)Nc1cccc(OCC(=O)c2ccccc2)c1. The molecule has 0 bridgehead atoms. The van der Waals surface area contributed by atoms with Crippen molar-refractivity contribution in [2.24, 2.45) is 0 Å². The van der Waals surface area contributed by atoms with Gasteiger partial charge in [0.05, 0.1) is 6.61 Å². The molecule has 0 heterocycles. The molecule has 0 atom stereocenters. The van der Waals surface area contributed by atoms with Crippen molar-refractivity contribution < 1.29 is 19.1 Å². The van der Waals surface area contributed by atoms with E-state index in [-0.39, 0.29) is 12.4 Å². The maximum Gasteiger partial charge on any atom is 0.411 e. The summed E-state index contributed by atoms with van der Waals surface area (Å²) in [5.74, 6) is 0.392. The Morgan fingerprint density at radius 1 is 1.05 bits per heavy atom. The van der Waals surface area contributed by atoms with E-state index in [4.69, 9.17) is 9.47 Å². The molecule has 0 aliphatic heterocycles. The number of Topliss-reactive ketones (excluding diaryl/α,β-unsaturated/α-hetero) is 1. The Labute approximate surface area is 128 Å². The molecule has 0 radical (unpaired) electrons. The maximum absolute atomic E-state index is 12.0. The number of ketones is 1. The monoisotopic (exact) mass is 299 g/mol. The molecule has 114 valence electrons. The van der Waals surface area contributed by atoms with Gasteiger partial charge in [0, 0.05) is 17.3 Å². The molecule has 5 nitrogen and oxygen atoms in total. The quantitative estimate of drug-likeness (QED) is 0.829. The summed E-state index contributed by atoms with van der Waals surface area (Å²) in [6, 6.07) is 15.7. The zero-order valence-corrected chi connectivity index (χ0v) is 12.2. The van der Waals surface area contributed by atoms with Gasteiger partial charge in [0.25, 0.3) is 0 Å². The number of benzene rings is 2. The van der Waals surface area contributed by atoms with Crippen molar-refractivity contribution in [2.45, 2.75) is 6.92 Å². The molecule has 0 aliphatic carbocycles. The summed E-state index contributed by atoms with van der Waals surface area (Å²) in [5, 5.41) is 2.58. The van der Waals surface area contributed by atoms with Crippen molar-refractivity contribution in [1.82, 2.24) is 0 Å². The van der Waals surface area contributed by atoms with E-state index in [2.05, 4.69) is 5.32 Å². The third-order valence-electron chi connectivity index (χ3n) is 2.82. The van der Waals surface area contributed by atoms with Crippen LogP contribution in [0.5, 0.6) is 5.75 Å². The third-order valence-corrected chi connectivity index (χ3v) is 2.82. The zero-order valence-electron chi connectivity index (χ0n) is 12.2. The second-order valence-corrected chi connectivity index (χ2v) is 4.45. The molecule has 0 aromatic heterocycles. The second kappa shape index (κ2) is 7.83. The van der Waals surface area contributed by atoms with E-state index in [0.717, 1.165) is 0 Å². The molecule has 1 N–H and O–H groups in total. The molecule has 1 amide bonds. The Kier molecular flexibility index (Phi) is 5.54. The van der Waals surface area contributed by atoms with Gasteiger partial charge in [-0.15, -0.1) is 0 Å². The van der Waals surface area contributed by atoms with Gasteiger partial charge in [-0.05, 0) is 19.1 Å². The number of carbonyl (C=O) groups is 2. The molecule has 5 heteroatoms. The molecule has 0 spiro atoms. The average Bonchev–Trinajstić information content (AvgIpc) is 2.54. The number of anilines is 1. The van der Waals surface area contributed by atoms with Crippen LogP contribution in [0.15, 0.2) is 54.6 Å². The number of ether oxygens (including phenoxy) is 2. The largest absolute Gasteiger partial charge is 0.485 e. The lowest BCUT2D eigenvalue weighted by Gasteiger charge is -2.09. The van der Waals surface area contributed by atoms with Crippen LogP contribution in [0, 0.1) is 0 Å². The minimum atomic E-state index is -0.528. The van der Waals surface area contributed by atoms with Gasteiger partial charge >= 0.3 is 6.09 Å². The van der Waals surface area contributed by atoms with Crippen molar-refractivity contribution in [2.75, 3.05) is 18.5 Å². The minimum Gasteiger partial charge on any atom is -0.485 e. The van der Waals surface area contributed by atoms with Crippen LogP contribution in [-0.4, -0.2) is 25.1 Å². The van der Waals surface area contributed by atoms with Gasteiger partial charge in [-0.1, -0.05) is 36.4 Å². The fraction of sp³-hybridized carbons (Fsp3) is 0.176. The van der Waals surface area contributed by atoms with Crippen molar-refractivity contribution in [3.05, 3.63) is 60.2 Å². The van der Waals surface area contributed by atoms with Crippen LogP contribution in [-0.2, 0) is 4.74 Å². The van der Waals surface area contributed by atoms with E-state index in [1.54, 1.807) is 55.5 Å². The summed E-state index contributed by atoms with van der Waals surface area (Å²) in [7, 11) is 0. The van der Waals surface area contributed by atoms with E-state index in [0.29, 0.717) is 23.6 Å². The lowest BCUT2D eigenvalue weighted by atomic mass is 10.1. The van der Waals surface area contributed by atoms with E-state index in [1.165, 1.54) is 0 Å². The second-order valence-electron chi connectivity index (χ2n) is 4.45. The molecule has 0 unspecified atom stereocenters. The summed E-state index contributed by atoms with van der Waals surface area (Å²) in [5.41, 5.74) is 1.14. The van der Waals surface area contributed by atoms with Gasteiger partial charge in [0.1, 0.15) is 5.75 Å². The molecule has 0 aliphatic rings. The smallest absolute Gasteiger partial charge is 0.411 e. The predicted molar refractivity (Wildman–Crippen MR) is 83.4 cm³/mol. The Morgan fingerprint density at radius 3 is 2.55 bits per heavy atom. The third kappa shape index (κ3) is 4.63. The fourth-order valence-electron chi connectivity index (χ4n) is 1.80. The number of hydrogen-bond donors (Lipinski definition) is 1. The van der Waals surface area contributed by atoms with Crippen LogP contribution in [0.1, 0.15) is 17.3 Å². The van der Waals surface area contributed by atoms with Gasteiger partial charge in [0.2, 0.25) is 0 Å². The van der Waals surface area contributed by atoms with E-state index >= 15 is 0 Å². The number of carbonyl (C=O) groups excluding carboxylic acids is 2. The number of rotatable bonds is 6. The molecule has 2 aromatic carbocycles. The van der Waals surface area contributed by atoms with Gasteiger partial charge in [-0.25, -0.2) is 4.79 Å². The van der Waals surface area contributed by atoms with Crippen LogP contribution < -0.4 is 10.1 Å². The molecule has 0 fully saturated rings. The first-order valence-electron chi connectivity index (χ1n) is 6.94. The Balaban J connectivity index is 1.93. The summed E-state index contributed by atoms with van der Waals surface area (Å²) in [6.07, 6.45) is -0.528. The molecule has 0 saturated heterocycles. The number of nitrogens with one attached hydrogen (secondary N) is 1. The summed E-state index contributed by atoms with van der Waals surface area (Å²) in [4.78, 5) is 23.3. The Hall–Kier alpha value is -2.82. The first-order valence-corrected chi connectivity index (χ1v) is 6.94. The topological polar surface area (TPSA) is 64.6 Å². The first-order chi connectivity index (χ1) is 10.7. The highest BCUT2D eigenvalue weighted by molar-refractivity contribution is 5.97. The van der Waals surface area contributed by atoms with Crippen molar-refractivity contribution in [3.63, 3.8) is 0 Å². The molecule has 22 heavy (non-hydrogen) atoms. The molecular weight excluding hydrogens is 282 g/mol. The molecular formula is C17H17NO4. The predicted octanol–water partition coefficient (Wildman–Crippen LogP) is 3.52. The fourth-order valence-corrected chi connectivity index (χ4v) is 1.80. The van der Waals surface area contributed by atoms with Crippen LogP contribution >= 0.6 is 0 Å². The molecule has 2 aromatic rings. The van der Waals surface area contributed by atoms with Crippen LogP contribution in [0.3, 0.4) is 0 Å². The first kappa shape index (κ1) is 15.6. The van der Waals surface area contributed by atoms with E-state index in [9.17, 15) is 9.59 Å².